The van der Waals surface area contributed by atoms with Gasteiger partial charge in [-0.1, -0.05) is 30.3 Å². The fraction of sp³-hybridized carbons (Fsp3) is 0.176. The predicted molar refractivity (Wildman–Crippen MR) is 89.1 cm³/mol. The van der Waals surface area contributed by atoms with Crippen LogP contribution < -0.4 is 5.73 Å². The van der Waals surface area contributed by atoms with Gasteiger partial charge in [0.15, 0.2) is 0 Å². The van der Waals surface area contributed by atoms with Crippen LogP contribution in [0.5, 0.6) is 0 Å². The van der Waals surface area contributed by atoms with Crippen molar-refractivity contribution in [2.45, 2.75) is 19.1 Å². The summed E-state index contributed by atoms with van der Waals surface area (Å²) in [6, 6.07) is 12.9. The summed E-state index contributed by atoms with van der Waals surface area (Å²) in [5.74, 6) is -0.621. The smallest absolute Gasteiger partial charge is 0.271 e. The van der Waals surface area contributed by atoms with Gasteiger partial charge in [0.2, 0.25) is 5.91 Å². The Morgan fingerprint density at radius 3 is 2.78 bits per heavy atom. The number of primary amides is 1. The van der Waals surface area contributed by atoms with E-state index in [0.29, 0.717) is 18.8 Å². The van der Waals surface area contributed by atoms with E-state index < -0.39 is 11.9 Å². The van der Waals surface area contributed by atoms with E-state index in [4.69, 9.17) is 5.73 Å². The Morgan fingerprint density at radius 1 is 1.26 bits per heavy atom. The molecule has 0 saturated heterocycles. The van der Waals surface area contributed by atoms with Gasteiger partial charge < -0.3 is 15.2 Å². The maximum atomic E-state index is 12.9. The van der Waals surface area contributed by atoms with Gasteiger partial charge in [0.05, 0.1) is 16.8 Å². The SMILES string of the molecule is NC(=O)C1Cn2c(cc3sccc32)C(=O)N1Cc1ccccc1. The Bertz CT molecular complexity index is 897. The van der Waals surface area contributed by atoms with E-state index in [2.05, 4.69) is 0 Å². The molecule has 1 aliphatic heterocycles. The number of rotatable bonds is 3. The zero-order valence-corrected chi connectivity index (χ0v) is 13.1. The zero-order chi connectivity index (χ0) is 16.0. The van der Waals surface area contributed by atoms with Gasteiger partial charge in [0.1, 0.15) is 11.7 Å². The third kappa shape index (κ3) is 2.22. The molecule has 5 nitrogen and oxygen atoms in total. The molecule has 0 fully saturated rings. The Balaban J connectivity index is 1.77. The van der Waals surface area contributed by atoms with Crippen molar-refractivity contribution in [3.63, 3.8) is 0 Å². The van der Waals surface area contributed by atoms with E-state index in [0.717, 1.165) is 15.8 Å². The molecule has 6 heteroatoms. The van der Waals surface area contributed by atoms with Crippen LogP contribution >= 0.6 is 11.3 Å². The summed E-state index contributed by atoms with van der Waals surface area (Å²) in [5.41, 5.74) is 8.17. The van der Waals surface area contributed by atoms with Crippen LogP contribution in [0.1, 0.15) is 16.1 Å². The molecule has 3 aromatic rings. The third-order valence-corrected chi connectivity index (χ3v) is 5.11. The first-order valence-corrected chi connectivity index (χ1v) is 8.24. The number of fused-ring (bicyclic) bond motifs is 3. The van der Waals surface area contributed by atoms with E-state index in [-0.39, 0.29) is 5.91 Å². The van der Waals surface area contributed by atoms with Gasteiger partial charge in [-0.05, 0) is 23.1 Å². The summed E-state index contributed by atoms with van der Waals surface area (Å²) in [4.78, 5) is 26.4. The van der Waals surface area contributed by atoms with Gasteiger partial charge in [-0.2, -0.15) is 0 Å². The molecule has 1 aromatic carbocycles. The molecule has 0 radical (unpaired) electrons. The minimum Gasteiger partial charge on any atom is -0.368 e. The van der Waals surface area contributed by atoms with Crippen LogP contribution in [0.25, 0.3) is 10.2 Å². The monoisotopic (exact) mass is 325 g/mol. The van der Waals surface area contributed by atoms with Crippen molar-refractivity contribution >= 4 is 33.4 Å². The van der Waals surface area contributed by atoms with Gasteiger partial charge in [0.25, 0.3) is 5.91 Å². The molecule has 0 aliphatic carbocycles. The highest BCUT2D eigenvalue weighted by Gasteiger charge is 2.36. The molecule has 1 aliphatic rings. The van der Waals surface area contributed by atoms with Crippen molar-refractivity contribution in [1.29, 1.82) is 0 Å². The van der Waals surface area contributed by atoms with Crippen molar-refractivity contribution < 1.29 is 9.59 Å². The van der Waals surface area contributed by atoms with Crippen molar-refractivity contribution in [1.82, 2.24) is 9.47 Å². The number of benzene rings is 1. The minimum atomic E-state index is -0.634. The number of thiophene rings is 1. The van der Waals surface area contributed by atoms with Gasteiger partial charge in [-0.15, -0.1) is 11.3 Å². The van der Waals surface area contributed by atoms with E-state index in [1.165, 1.54) is 0 Å². The maximum Gasteiger partial charge on any atom is 0.271 e. The van der Waals surface area contributed by atoms with Crippen LogP contribution in [0.15, 0.2) is 47.8 Å². The van der Waals surface area contributed by atoms with Crippen LogP contribution in [0.3, 0.4) is 0 Å². The molecule has 0 bridgehead atoms. The highest BCUT2D eigenvalue weighted by Crippen LogP contribution is 2.30. The van der Waals surface area contributed by atoms with Gasteiger partial charge in [-0.25, -0.2) is 0 Å². The van der Waals surface area contributed by atoms with Crippen molar-refractivity contribution in [2.75, 3.05) is 0 Å². The Hall–Kier alpha value is -2.60. The largest absolute Gasteiger partial charge is 0.368 e. The van der Waals surface area contributed by atoms with Crippen molar-refractivity contribution in [3.05, 3.63) is 59.1 Å². The van der Waals surface area contributed by atoms with E-state index in [9.17, 15) is 9.59 Å². The average molecular weight is 325 g/mol. The van der Waals surface area contributed by atoms with Crippen LogP contribution in [0, 0.1) is 0 Å². The summed E-state index contributed by atoms with van der Waals surface area (Å²) in [5, 5.41) is 1.98. The van der Waals surface area contributed by atoms with E-state index in [1.54, 1.807) is 16.2 Å². The molecule has 1 atom stereocenters. The number of hydrogen-bond acceptors (Lipinski definition) is 3. The van der Waals surface area contributed by atoms with Crippen LogP contribution in [-0.2, 0) is 17.9 Å². The first kappa shape index (κ1) is 14.0. The summed E-state index contributed by atoms with van der Waals surface area (Å²) in [6.45, 7) is 0.787. The molecule has 2 N–H and O–H groups in total. The number of aromatic nitrogens is 1. The molecular formula is C17H15N3O2S. The normalized spacial score (nSPS) is 17.5. The fourth-order valence-electron chi connectivity index (χ4n) is 3.12. The number of carbonyl (C=O) groups excluding carboxylic acids is 2. The second-order valence-corrected chi connectivity index (χ2v) is 6.59. The summed E-state index contributed by atoms with van der Waals surface area (Å²) < 4.78 is 2.96. The quantitative estimate of drug-likeness (QED) is 0.802. The number of nitrogens with two attached hydrogens (primary N) is 1. The molecule has 0 spiro atoms. The van der Waals surface area contributed by atoms with Crippen molar-refractivity contribution in [2.24, 2.45) is 5.73 Å². The first-order valence-electron chi connectivity index (χ1n) is 7.36. The van der Waals surface area contributed by atoms with Crippen LogP contribution in [-0.4, -0.2) is 27.3 Å². The minimum absolute atomic E-state index is 0.146. The van der Waals surface area contributed by atoms with Crippen molar-refractivity contribution in [3.8, 4) is 0 Å². The Kier molecular flexibility index (Phi) is 3.20. The van der Waals surface area contributed by atoms with Crippen LogP contribution in [0.4, 0.5) is 0 Å². The highest BCUT2D eigenvalue weighted by molar-refractivity contribution is 7.17. The summed E-state index contributed by atoms with van der Waals surface area (Å²) in [6.07, 6.45) is 0. The number of nitrogens with zero attached hydrogens (tertiary/aromatic N) is 2. The number of hydrogen-bond donors (Lipinski definition) is 1. The Labute approximate surface area is 136 Å². The molecule has 0 saturated carbocycles. The van der Waals surface area contributed by atoms with Gasteiger partial charge in [0, 0.05) is 6.54 Å². The lowest BCUT2D eigenvalue weighted by molar-refractivity contribution is -0.123. The molecule has 1 unspecified atom stereocenters. The molecule has 2 aromatic heterocycles. The topological polar surface area (TPSA) is 68.3 Å². The number of carbonyl (C=O) groups is 2. The first-order chi connectivity index (χ1) is 11.1. The maximum absolute atomic E-state index is 12.9. The molecule has 4 rings (SSSR count). The molecular weight excluding hydrogens is 310 g/mol. The number of amides is 2. The lowest BCUT2D eigenvalue weighted by Gasteiger charge is -2.35. The zero-order valence-electron chi connectivity index (χ0n) is 12.3. The average Bonchev–Trinajstić information content (AvgIpc) is 3.12. The third-order valence-electron chi connectivity index (χ3n) is 4.26. The Morgan fingerprint density at radius 2 is 2.04 bits per heavy atom. The van der Waals surface area contributed by atoms with Gasteiger partial charge >= 0.3 is 0 Å². The highest BCUT2D eigenvalue weighted by atomic mass is 32.1. The van der Waals surface area contributed by atoms with E-state index >= 15 is 0 Å². The fourth-order valence-corrected chi connectivity index (χ4v) is 3.94. The molecule has 3 heterocycles. The summed E-state index contributed by atoms with van der Waals surface area (Å²) >= 11 is 1.59. The molecule has 2 amide bonds. The second-order valence-electron chi connectivity index (χ2n) is 5.65. The lowest BCUT2D eigenvalue weighted by Crippen LogP contribution is -2.53. The van der Waals surface area contributed by atoms with Crippen LogP contribution in [0.2, 0.25) is 0 Å². The lowest BCUT2D eigenvalue weighted by atomic mass is 10.1. The molecule has 116 valence electrons. The summed E-state index contributed by atoms with van der Waals surface area (Å²) in [7, 11) is 0. The standard InChI is InChI=1S/C17H15N3O2S/c18-16(21)14-10-19-12-6-7-23-15(12)8-13(19)17(22)20(14)9-11-4-2-1-3-5-11/h1-8,14H,9-10H2,(H2,18,21). The predicted octanol–water partition coefficient (Wildman–Crippen LogP) is 2.21. The second kappa shape index (κ2) is 5.24. The van der Waals surface area contributed by atoms with E-state index in [1.807, 2.05) is 52.4 Å². The molecule has 23 heavy (non-hydrogen) atoms. The van der Waals surface area contributed by atoms with Gasteiger partial charge in [-0.3, -0.25) is 9.59 Å².